The topological polar surface area (TPSA) is 83.5 Å². The Hall–Kier alpha value is -3.42. The van der Waals surface area contributed by atoms with E-state index in [9.17, 15) is 9.59 Å². The highest BCUT2D eigenvalue weighted by Crippen LogP contribution is 2.40. The largest absolute Gasteiger partial charge is 0.493 e. The van der Waals surface area contributed by atoms with Gasteiger partial charge in [-0.2, -0.15) is 0 Å². The Morgan fingerprint density at radius 3 is 2.16 bits per heavy atom. The maximum absolute atomic E-state index is 13.3. The summed E-state index contributed by atoms with van der Waals surface area (Å²) < 4.78 is 26.7. The molecular weight excluding hydrogens is 414 g/mol. The van der Waals surface area contributed by atoms with Crippen LogP contribution in [0.1, 0.15) is 40.9 Å². The minimum absolute atomic E-state index is 0.0801. The summed E-state index contributed by atoms with van der Waals surface area (Å²) in [5, 5.41) is 0. The van der Waals surface area contributed by atoms with Crippen molar-refractivity contribution in [2.45, 2.75) is 25.8 Å². The van der Waals surface area contributed by atoms with E-state index in [0.29, 0.717) is 41.5 Å². The summed E-state index contributed by atoms with van der Waals surface area (Å²) in [7, 11) is 6.19. The Labute approximate surface area is 188 Å². The highest BCUT2D eigenvalue weighted by atomic mass is 16.6. The van der Waals surface area contributed by atoms with Gasteiger partial charge in [-0.15, -0.1) is 0 Å². The fourth-order valence-corrected chi connectivity index (χ4v) is 3.98. The normalized spacial score (nSPS) is 14.9. The molecule has 0 aliphatic carbocycles. The molecule has 3 rings (SSSR count). The minimum atomic E-state index is -0.502. The van der Waals surface area contributed by atoms with Crippen molar-refractivity contribution >= 4 is 11.9 Å². The third-order valence-electron chi connectivity index (χ3n) is 5.59. The van der Waals surface area contributed by atoms with Crippen molar-refractivity contribution in [2.75, 3.05) is 41.6 Å². The van der Waals surface area contributed by atoms with E-state index in [2.05, 4.69) is 0 Å². The lowest BCUT2D eigenvalue weighted by molar-refractivity contribution is 0.0768. The maximum Gasteiger partial charge on any atom is 0.410 e. The molecule has 172 valence electrons. The van der Waals surface area contributed by atoms with Gasteiger partial charge in [0.15, 0.2) is 28.8 Å². The second kappa shape index (κ2) is 10.3. The lowest BCUT2D eigenvalue weighted by Crippen LogP contribution is -2.41. The van der Waals surface area contributed by atoms with E-state index in [1.54, 1.807) is 44.2 Å². The van der Waals surface area contributed by atoms with Gasteiger partial charge in [-0.1, -0.05) is 0 Å². The van der Waals surface area contributed by atoms with E-state index in [-0.39, 0.29) is 18.8 Å². The van der Waals surface area contributed by atoms with Crippen LogP contribution in [0.5, 0.6) is 23.0 Å². The molecular formula is C24H29NO7. The van der Waals surface area contributed by atoms with Gasteiger partial charge < -0.3 is 28.6 Å². The second-order valence-corrected chi connectivity index (χ2v) is 7.26. The van der Waals surface area contributed by atoms with Gasteiger partial charge in [-0.25, -0.2) is 4.79 Å². The number of ketones is 1. The first-order chi connectivity index (χ1) is 15.5. The summed E-state index contributed by atoms with van der Waals surface area (Å²) in [5.41, 5.74) is 2.32. The van der Waals surface area contributed by atoms with Gasteiger partial charge >= 0.3 is 6.09 Å². The van der Waals surface area contributed by atoms with Crippen molar-refractivity contribution < 1.29 is 33.3 Å². The average Bonchev–Trinajstić information content (AvgIpc) is 2.82. The molecule has 0 N–H and O–H groups in total. The van der Waals surface area contributed by atoms with E-state index in [1.165, 1.54) is 14.2 Å². The molecule has 1 aliphatic heterocycles. The monoisotopic (exact) mass is 443 g/mol. The van der Waals surface area contributed by atoms with Gasteiger partial charge in [-0.05, 0) is 54.8 Å². The van der Waals surface area contributed by atoms with Crippen molar-refractivity contribution in [3.05, 3.63) is 47.0 Å². The first kappa shape index (κ1) is 23.2. The number of rotatable bonds is 8. The van der Waals surface area contributed by atoms with Crippen LogP contribution in [0.4, 0.5) is 4.79 Å². The molecule has 0 radical (unpaired) electrons. The lowest BCUT2D eigenvalue weighted by atomic mass is 9.88. The molecule has 0 spiro atoms. The van der Waals surface area contributed by atoms with Gasteiger partial charge in [0.25, 0.3) is 0 Å². The van der Waals surface area contributed by atoms with Gasteiger partial charge in [-0.3, -0.25) is 4.79 Å². The van der Waals surface area contributed by atoms with Crippen molar-refractivity contribution in [2.24, 2.45) is 0 Å². The predicted octanol–water partition coefficient (Wildman–Crippen LogP) is 4.05. The Morgan fingerprint density at radius 1 is 0.906 bits per heavy atom. The number of methoxy groups -OCH3 is 4. The van der Waals surface area contributed by atoms with Crippen LogP contribution in [0.15, 0.2) is 30.3 Å². The Kier molecular flexibility index (Phi) is 7.45. The van der Waals surface area contributed by atoms with Gasteiger partial charge in [0.2, 0.25) is 0 Å². The SMILES string of the molecule is CCOC(=O)N1CCc2cc(OC)c(OC)cc2C1CC(=O)c1ccc(OC)c(OC)c1. The molecule has 0 aromatic heterocycles. The summed E-state index contributed by atoms with van der Waals surface area (Å²) in [6, 6.07) is 8.28. The fourth-order valence-electron chi connectivity index (χ4n) is 3.98. The lowest BCUT2D eigenvalue weighted by Gasteiger charge is -2.36. The standard InChI is InChI=1S/C24H29NO7/c1-6-32-24(27)25-10-9-15-11-22(30-4)23(31-5)13-17(15)18(25)14-19(26)16-7-8-20(28-2)21(12-16)29-3/h7-8,11-13,18H,6,9-10,14H2,1-5H3. The van der Waals surface area contributed by atoms with Crippen molar-refractivity contribution in [1.29, 1.82) is 0 Å². The quantitative estimate of drug-likeness (QED) is 0.569. The van der Waals surface area contributed by atoms with E-state index < -0.39 is 12.1 Å². The molecule has 0 bridgehead atoms. The molecule has 0 fully saturated rings. The number of hydrogen-bond acceptors (Lipinski definition) is 7. The zero-order valence-electron chi connectivity index (χ0n) is 19.1. The Balaban J connectivity index is 2.00. The minimum Gasteiger partial charge on any atom is -0.493 e. The first-order valence-corrected chi connectivity index (χ1v) is 10.4. The van der Waals surface area contributed by atoms with E-state index in [4.69, 9.17) is 23.7 Å². The summed E-state index contributed by atoms with van der Waals surface area (Å²) in [5.74, 6) is 2.03. The Morgan fingerprint density at radius 2 is 1.53 bits per heavy atom. The highest BCUT2D eigenvalue weighted by molar-refractivity contribution is 5.97. The first-order valence-electron chi connectivity index (χ1n) is 10.4. The van der Waals surface area contributed by atoms with Gasteiger partial charge in [0, 0.05) is 18.5 Å². The fraction of sp³-hybridized carbons (Fsp3) is 0.417. The Bertz CT molecular complexity index is 989. The number of ether oxygens (including phenoxy) is 5. The zero-order valence-corrected chi connectivity index (χ0v) is 19.1. The third kappa shape index (κ3) is 4.59. The van der Waals surface area contributed by atoms with Crippen molar-refractivity contribution in [1.82, 2.24) is 4.90 Å². The van der Waals surface area contributed by atoms with E-state index in [0.717, 1.165) is 11.1 Å². The van der Waals surface area contributed by atoms with Crippen LogP contribution in [0.2, 0.25) is 0 Å². The number of fused-ring (bicyclic) bond motifs is 1. The molecule has 1 amide bonds. The van der Waals surface area contributed by atoms with Crippen LogP contribution in [0, 0.1) is 0 Å². The van der Waals surface area contributed by atoms with E-state index in [1.807, 2.05) is 12.1 Å². The van der Waals surface area contributed by atoms with Crippen molar-refractivity contribution in [3.63, 3.8) is 0 Å². The number of carbonyl (C=O) groups excluding carboxylic acids is 2. The summed E-state index contributed by atoms with van der Waals surface area (Å²) in [6.45, 7) is 2.45. The van der Waals surface area contributed by atoms with Crippen LogP contribution in [0.25, 0.3) is 0 Å². The number of carbonyl (C=O) groups is 2. The van der Waals surface area contributed by atoms with Crippen LogP contribution < -0.4 is 18.9 Å². The molecule has 1 unspecified atom stereocenters. The van der Waals surface area contributed by atoms with Crippen LogP contribution in [-0.4, -0.2) is 58.4 Å². The second-order valence-electron chi connectivity index (χ2n) is 7.26. The smallest absolute Gasteiger partial charge is 0.410 e. The van der Waals surface area contributed by atoms with E-state index >= 15 is 0 Å². The van der Waals surface area contributed by atoms with Crippen molar-refractivity contribution in [3.8, 4) is 23.0 Å². The molecule has 2 aromatic rings. The van der Waals surface area contributed by atoms with Gasteiger partial charge in [0.05, 0.1) is 41.1 Å². The maximum atomic E-state index is 13.3. The number of nitrogens with zero attached hydrogens (tertiary/aromatic N) is 1. The van der Waals surface area contributed by atoms with Crippen LogP contribution in [-0.2, 0) is 11.2 Å². The van der Waals surface area contributed by atoms with Gasteiger partial charge in [0.1, 0.15) is 0 Å². The molecule has 8 nitrogen and oxygen atoms in total. The van der Waals surface area contributed by atoms with Crippen LogP contribution >= 0.6 is 0 Å². The molecule has 2 aromatic carbocycles. The number of Topliss-reactive ketones (excluding diaryl/α,β-unsaturated/α-hetero) is 1. The predicted molar refractivity (Wildman–Crippen MR) is 118 cm³/mol. The van der Waals surface area contributed by atoms with Crippen LogP contribution in [0.3, 0.4) is 0 Å². The highest BCUT2D eigenvalue weighted by Gasteiger charge is 2.34. The molecule has 1 aliphatic rings. The molecule has 0 saturated heterocycles. The molecule has 8 heteroatoms. The summed E-state index contributed by atoms with van der Waals surface area (Å²) >= 11 is 0. The molecule has 1 atom stereocenters. The number of benzene rings is 2. The molecule has 32 heavy (non-hydrogen) atoms. The summed E-state index contributed by atoms with van der Waals surface area (Å²) in [4.78, 5) is 27.6. The average molecular weight is 443 g/mol. The zero-order chi connectivity index (χ0) is 23.3. The third-order valence-corrected chi connectivity index (χ3v) is 5.59. The molecule has 0 saturated carbocycles. The number of hydrogen-bond donors (Lipinski definition) is 0. The number of amides is 1. The molecule has 1 heterocycles. The summed E-state index contributed by atoms with van der Waals surface area (Å²) in [6.07, 6.45) is 0.254.